The molecule has 0 saturated carbocycles. The first-order chi connectivity index (χ1) is 13.8. The molecule has 3 aromatic rings. The standard InChI is InChI=1S/C18H15ClF3N5OS/c1-2-27-16(11-5-7-23-8-6-11)25-26-17(27)29-10-15(28)24-14-9-12(18(20,21)22)3-4-13(14)19/h3-9H,2,10H2,1H3,(H,24,28). The third kappa shape index (κ3) is 5.07. The summed E-state index contributed by atoms with van der Waals surface area (Å²) in [6.45, 7) is 2.49. The molecular formula is C18H15ClF3N5OS. The van der Waals surface area contributed by atoms with E-state index in [1.54, 1.807) is 24.5 Å². The van der Waals surface area contributed by atoms with E-state index in [1.807, 2.05) is 11.5 Å². The van der Waals surface area contributed by atoms with E-state index >= 15 is 0 Å². The van der Waals surface area contributed by atoms with Crippen molar-refractivity contribution in [3.63, 3.8) is 0 Å². The molecule has 0 saturated heterocycles. The average molecular weight is 442 g/mol. The van der Waals surface area contributed by atoms with Gasteiger partial charge in [-0.25, -0.2) is 0 Å². The Hall–Kier alpha value is -2.59. The van der Waals surface area contributed by atoms with Crippen molar-refractivity contribution in [1.29, 1.82) is 0 Å². The summed E-state index contributed by atoms with van der Waals surface area (Å²) in [5.41, 5.74) is -0.152. The average Bonchev–Trinajstić information content (AvgIpc) is 3.11. The number of aromatic nitrogens is 4. The van der Waals surface area contributed by atoms with Gasteiger partial charge in [-0.3, -0.25) is 9.78 Å². The lowest BCUT2D eigenvalue weighted by molar-refractivity contribution is -0.137. The molecule has 1 aromatic carbocycles. The van der Waals surface area contributed by atoms with Gasteiger partial charge in [0.2, 0.25) is 5.91 Å². The quantitative estimate of drug-likeness (QED) is 0.558. The fourth-order valence-electron chi connectivity index (χ4n) is 2.51. The number of pyridine rings is 1. The van der Waals surface area contributed by atoms with Crippen molar-refractivity contribution >= 4 is 35.0 Å². The minimum absolute atomic E-state index is 0.0213. The molecule has 6 nitrogen and oxygen atoms in total. The molecule has 0 atom stereocenters. The number of anilines is 1. The molecule has 1 amide bonds. The molecular weight excluding hydrogens is 427 g/mol. The summed E-state index contributed by atoms with van der Waals surface area (Å²) in [5, 5.41) is 11.2. The third-order valence-corrected chi connectivity index (χ3v) is 5.17. The second-order valence-corrected chi connectivity index (χ2v) is 7.17. The topological polar surface area (TPSA) is 72.7 Å². The Morgan fingerprint density at radius 3 is 2.59 bits per heavy atom. The number of nitrogens with zero attached hydrogens (tertiary/aromatic N) is 4. The van der Waals surface area contributed by atoms with Crippen LogP contribution in [0.15, 0.2) is 47.9 Å². The zero-order chi connectivity index (χ0) is 21.0. The molecule has 0 fully saturated rings. The summed E-state index contributed by atoms with van der Waals surface area (Å²) in [5.74, 6) is 0.0622. The predicted octanol–water partition coefficient (Wildman–Crippen LogP) is 4.76. The number of halogens is 4. The summed E-state index contributed by atoms with van der Waals surface area (Å²) in [6, 6.07) is 6.36. The van der Waals surface area contributed by atoms with E-state index in [0.717, 1.165) is 35.5 Å². The second-order valence-electron chi connectivity index (χ2n) is 5.82. The van der Waals surface area contributed by atoms with Crippen molar-refractivity contribution in [3.05, 3.63) is 53.3 Å². The van der Waals surface area contributed by atoms with Gasteiger partial charge in [-0.05, 0) is 37.3 Å². The zero-order valence-corrected chi connectivity index (χ0v) is 16.6. The van der Waals surface area contributed by atoms with Crippen LogP contribution in [0.4, 0.5) is 18.9 Å². The highest BCUT2D eigenvalue weighted by Gasteiger charge is 2.31. The second kappa shape index (κ2) is 8.83. The summed E-state index contributed by atoms with van der Waals surface area (Å²) in [6.07, 6.45) is -1.24. The monoisotopic (exact) mass is 441 g/mol. The summed E-state index contributed by atoms with van der Waals surface area (Å²) < 4.78 is 40.4. The van der Waals surface area contributed by atoms with Gasteiger partial charge in [0.25, 0.3) is 0 Å². The van der Waals surface area contributed by atoms with E-state index in [-0.39, 0.29) is 16.5 Å². The molecule has 3 rings (SSSR count). The Balaban J connectivity index is 1.70. The molecule has 1 N–H and O–H groups in total. The molecule has 0 bridgehead atoms. The Bertz CT molecular complexity index is 1010. The lowest BCUT2D eigenvalue weighted by Gasteiger charge is -2.11. The van der Waals surface area contributed by atoms with Crippen LogP contribution >= 0.6 is 23.4 Å². The third-order valence-electron chi connectivity index (χ3n) is 3.87. The fourth-order valence-corrected chi connectivity index (χ4v) is 3.48. The molecule has 0 radical (unpaired) electrons. The molecule has 29 heavy (non-hydrogen) atoms. The van der Waals surface area contributed by atoms with Gasteiger partial charge < -0.3 is 9.88 Å². The Labute approximate surface area is 173 Å². The van der Waals surface area contributed by atoms with Gasteiger partial charge in [0.15, 0.2) is 11.0 Å². The number of hydrogen-bond donors (Lipinski definition) is 1. The Morgan fingerprint density at radius 2 is 1.93 bits per heavy atom. The molecule has 0 aliphatic carbocycles. The Morgan fingerprint density at radius 1 is 1.21 bits per heavy atom. The first kappa shape index (κ1) is 21.1. The molecule has 2 heterocycles. The molecule has 0 aliphatic heterocycles. The van der Waals surface area contributed by atoms with E-state index in [2.05, 4.69) is 20.5 Å². The molecule has 0 spiro atoms. The predicted molar refractivity (Wildman–Crippen MR) is 105 cm³/mol. The minimum atomic E-state index is -4.53. The van der Waals surface area contributed by atoms with Crippen LogP contribution in [0.5, 0.6) is 0 Å². The lowest BCUT2D eigenvalue weighted by atomic mass is 10.2. The number of rotatable bonds is 6. The van der Waals surface area contributed by atoms with Gasteiger partial charge in [-0.15, -0.1) is 10.2 Å². The number of hydrogen-bond acceptors (Lipinski definition) is 5. The van der Waals surface area contributed by atoms with Crippen molar-refractivity contribution in [2.75, 3.05) is 11.1 Å². The highest BCUT2D eigenvalue weighted by molar-refractivity contribution is 7.99. The molecule has 11 heteroatoms. The maximum Gasteiger partial charge on any atom is 0.416 e. The number of carbonyl (C=O) groups excluding carboxylic acids is 1. The van der Waals surface area contributed by atoms with Crippen molar-refractivity contribution in [1.82, 2.24) is 19.7 Å². The van der Waals surface area contributed by atoms with Crippen LogP contribution in [0, 0.1) is 0 Å². The molecule has 0 aliphatic rings. The van der Waals surface area contributed by atoms with E-state index in [4.69, 9.17) is 11.6 Å². The van der Waals surface area contributed by atoms with Crippen LogP contribution in [-0.2, 0) is 17.5 Å². The zero-order valence-electron chi connectivity index (χ0n) is 15.1. The minimum Gasteiger partial charge on any atom is -0.324 e. The molecule has 2 aromatic heterocycles. The van der Waals surface area contributed by atoms with Crippen molar-refractivity contribution in [3.8, 4) is 11.4 Å². The fraction of sp³-hybridized carbons (Fsp3) is 0.222. The largest absolute Gasteiger partial charge is 0.416 e. The van der Waals surface area contributed by atoms with Crippen LogP contribution in [0.1, 0.15) is 12.5 Å². The van der Waals surface area contributed by atoms with Crippen molar-refractivity contribution in [2.45, 2.75) is 24.8 Å². The smallest absolute Gasteiger partial charge is 0.324 e. The SMILES string of the molecule is CCn1c(SCC(=O)Nc2cc(C(F)(F)F)ccc2Cl)nnc1-c1ccncc1. The van der Waals surface area contributed by atoms with Gasteiger partial charge in [0.1, 0.15) is 0 Å². The number of carbonyl (C=O) groups is 1. The van der Waals surface area contributed by atoms with E-state index in [9.17, 15) is 18.0 Å². The van der Waals surface area contributed by atoms with Crippen molar-refractivity contribution in [2.24, 2.45) is 0 Å². The van der Waals surface area contributed by atoms with Gasteiger partial charge in [-0.2, -0.15) is 13.2 Å². The number of alkyl halides is 3. The van der Waals surface area contributed by atoms with E-state index < -0.39 is 17.6 Å². The van der Waals surface area contributed by atoms with Crippen LogP contribution < -0.4 is 5.32 Å². The Kier molecular flexibility index (Phi) is 6.43. The lowest BCUT2D eigenvalue weighted by Crippen LogP contribution is -2.16. The summed E-state index contributed by atoms with van der Waals surface area (Å²) in [7, 11) is 0. The molecule has 0 unspecified atom stereocenters. The van der Waals surface area contributed by atoms with Gasteiger partial charge in [-0.1, -0.05) is 23.4 Å². The van der Waals surface area contributed by atoms with E-state index in [0.29, 0.717) is 17.5 Å². The maximum atomic E-state index is 12.9. The highest BCUT2D eigenvalue weighted by Crippen LogP contribution is 2.34. The van der Waals surface area contributed by atoms with Crippen LogP contribution in [-0.4, -0.2) is 31.4 Å². The van der Waals surface area contributed by atoms with Crippen molar-refractivity contribution < 1.29 is 18.0 Å². The van der Waals surface area contributed by atoms with Gasteiger partial charge >= 0.3 is 6.18 Å². The highest BCUT2D eigenvalue weighted by atomic mass is 35.5. The summed E-state index contributed by atoms with van der Waals surface area (Å²) >= 11 is 7.03. The first-order valence-electron chi connectivity index (χ1n) is 8.42. The number of thioether (sulfide) groups is 1. The van der Waals surface area contributed by atoms with Crippen LogP contribution in [0.3, 0.4) is 0 Å². The first-order valence-corrected chi connectivity index (χ1v) is 9.79. The number of nitrogens with one attached hydrogen (secondary N) is 1. The van der Waals surface area contributed by atoms with Crippen LogP contribution in [0.2, 0.25) is 5.02 Å². The molecule has 152 valence electrons. The maximum absolute atomic E-state index is 12.9. The van der Waals surface area contributed by atoms with Gasteiger partial charge in [0, 0.05) is 24.5 Å². The normalized spacial score (nSPS) is 11.5. The number of benzene rings is 1. The van der Waals surface area contributed by atoms with E-state index in [1.165, 1.54) is 0 Å². The van der Waals surface area contributed by atoms with Crippen LogP contribution in [0.25, 0.3) is 11.4 Å². The summed E-state index contributed by atoms with van der Waals surface area (Å²) in [4.78, 5) is 16.2. The van der Waals surface area contributed by atoms with Gasteiger partial charge in [0.05, 0.1) is 22.0 Å². The number of amides is 1.